The number of nitrogens with zero attached hydrogens (tertiary/aromatic N) is 3. The first-order valence-corrected chi connectivity index (χ1v) is 10.4. The zero-order valence-corrected chi connectivity index (χ0v) is 16.7. The van der Waals surface area contributed by atoms with Crippen molar-refractivity contribution in [3.05, 3.63) is 53.1 Å². The fraction of sp³-hybridized carbons (Fsp3) is 0.350. The van der Waals surface area contributed by atoms with E-state index in [-0.39, 0.29) is 16.2 Å². The molecule has 0 aromatic heterocycles. The zero-order chi connectivity index (χ0) is 20.3. The van der Waals surface area contributed by atoms with Crippen LogP contribution in [0.3, 0.4) is 0 Å². The maximum atomic E-state index is 12.9. The highest BCUT2D eigenvalue weighted by atomic mass is 32.2. The molecule has 2 aromatic rings. The maximum Gasteiger partial charge on any atom is 0.244 e. The van der Waals surface area contributed by atoms with E-state index in [0.29, 0.717) is 38.5 Å². The summed E-state index contributed by atoms with van der Waals surface area (Å²) in [6.07, 6.45) is 0. The fourth-order valence-corrected chi connectivity index (χ4v) is 4.95. The van der Waals surface area contributed by atoms with Crippen molar-refractivity contribution in [2.45, 2.75) is 18.4 Å². The van der Waals surface area contributed by atoms with Gasteiger partial charge in [0.15, 0.2) is 11.5 Å². The van der Waals surface area contributed by atoms with E-state index in [2.05, 4.69) is 4.90 Å². The molecule has 0 bridgehead atoms. The van der Waals surface area contributed by atoms with Crippen molar-refractivity contribution in [3.63, 3.8) is 0 Å². The number of hydrogen-bond donors (Lipinski definition) is 1. The van der Waals surface area contributed by atoms with Gasteiger partial charge in [0.25, 0.3) is 0 Å². The molecule has 1 aliphatic heterocycles. The van der Waals surface area contributed by atoms with Crippen LogP contribution in [0.2, 0.25) is 0 Å². The Morgan fingerprint density at radius 2 is 1.86 bits per heavy atom. The van der Waals surface area contributed by atoms with Crippen LogP contribution in [0.1, 0.15) is 16.7 Å². The minimum Gasteiger partial charge on any atom is -0.504 e. The Balaban J connectivity index is 1.72. The summed E-state index contributed by atoms with van der Waals surface area (Å²) in [4.78, 5) is 2.14. The number of sulfonamides is 1. The number of hydrogen-bond acceptors (Lipinski definition) is 6. The van der Waals surface area contributed by atoms with E-state index >= 15 is 0 Å². The summed E-state index contributed by atoms with van der Waals surface area (Å²) >= 11 is 0. The van der Waals surface area contributed by atoms with Crippen molar-refractivity contribution >= 4 is 10.0 Å². The van der Waals surface area contributed by atoms with E-state index in [1.165, 1.54) is 23.5 Å². The quantitative estimate of drug-likeness (QED) is 0.825. The largest absolute Gasteiger partial charge is 0.504 e. The summed E-state index contributed by atoms with van der Waals surface area (Å²) in [5, 5.41) is 19.5. The van der Waals surface area contributed by atoms with Crippen molar-refractivity contribution < 1.29 is 18.3 Å². The molecule has 1 heterocycles. The number of rotatable bonds is 5. The molecule has 3 rings (SSSR count). The molecule has 0 aliphatic carbocycles. The zero-order valence-electron chi connectivity index (χ0n) is 15.9. The number of phenolic OH excluding ortho intramolecular Hbond substituents is 1. The third kappa shape index (κ3) is 3.97. The highest BCUT2D eigenvalue weighted by Crippen LogP contribution is 2.32. The second-order valence-electron chi connectivity index (χ2n) is 6.76. The van der Waals surface area contributed by atoms with E-state index in [1.54, 1.807) is 18.2 Å². The van der Waals surface area contributed by atoms with Gasteiger partial charge in [-0.25, -0.2) is 8.42 Å². The third-order valence-electron chi connectivity index (χ3n) is 4.87. The van der Waals surface area contributed by atoms with Gasteiger partial charge >= 0.3 is 0 Å². The lowest BCUT2D eigenvalue weighted by Gasteiger charge is -2.34. The van der Waals surface area contributed by atoms with Crippen LogP contribution in [-0.2, 0) is 16.6 Å². The molecule has 2 aromatic carbocycles. The number of nitriles is 1. The van der Waals surface area contributed by atoms with Crippen LogP contribution in [0, 0.1) is 18.3 Å². The number of aryl methyl sites for hydroxylation is 1. The summed E-state index contributed by atoms with van der Waals surface area (Å²) in [5.74, 6) is 0.551. The molecule has 0 radical (unpaired) electrons. The number of piperazine rings is 1. The lowest BCUT2D eigenvalue weighted by molar-refractivity contribution is 0.179. The van der Waals surface area contributed by atoms with Gasteiger partial charge in [0, 0.05) is 38.3 Å². The summed E-state index contributed by atoms with van der Waals surface area (Å²) in [5.41, 5.74) is 1.89. The second kappa shape index (κ2) is 8.19. The van der Waals surface area contributed by atoms with Crippen molar-refractivity contribution in [1.82, 2.24) is 9.21 Å². The summed E-state index contributed by atoms with van der Waals surface area (Å²) in [6.45, 7) is 4.15. The monoisotopic (exact) mass is 401 g/mol. The highest BCUT2D eigenvalue weighted by Gasteiger charge is 2.30. The molecule has 1 aliphatic rings. The normalized spacial score (nSPS) is 15.9. The third-order valence-corrected chi connectivity index (χ3v) is 6.83. The van der Waals surface area contributed by atoms with E-state index in [4.69, 9.17) is 4.74 Å². The van der Waals surface area contributed by atoms with Gasteiger partial charge in [-0.1, -0.05) is 18.2 Å². The molecule has 0 spiro atoms. The Labute approximate surface area is 165 Å². The van der Waals surface area contributed by atoms with Crippen molar-refractivity contribution in [2.24, 2.45) is 0 Å². The van der Waals surface area contributed by atoms with E-state index < -0.39 is 10.0 Å². The number of benzene rings is 2. The van der Waals surface area contributed by atoms with E-state index in [9.17, 15) is 18.8 Å². The van der Waals surface area contributed by atoms with Crippen LogP contribution in [-0.4, -0.2) is 56.0 Å². The first-order valence-electron chi connectivity index (χ1n) is 8.95. The Hall–Kier alpha value is -2.60. The Kier molecular flexibility index (Phi) is 5.89. The molecule has 0 atom stereocenters. The van der Waals surface area contributed by atoms with Crippen molar-refractivity contribution in [3.8, 4) is 17.6 Å². The predicted octanol–water partition coefficient (Wildman–Crippen LogP) is 2.09. The summed E-state index contributed by atoms with van der Waals surface area (Å²) < 4.78 is 32.4. The number of phenols is 1. The molecule has 1 N–H and O–H groups in total. The average Bonchev–Trinajstić information content (AvgIpc) is 2.70. The van der Waals surface area contributed by atoms with Gasteiger partial charge < -0.3 is 9.84 Å². The Bertz CT molecular complexity index is 1010. The van der Waals surface area contributed by atoms with Gasteiger partial charge in [0.05, 0.1) is 17.6 Å². The van der Waals surface area contributed by atoms with Gasteiger partial charge in [-0.3, -0.25) is 4.90 Å². The average molecular weight is 401 g/mol. The van der Waals surface area contributed by atoms with E-state index in [0.717, 1.165) is 11.1 Å². The molecule has 7 nitrogen and oxygen atoms in total. The van der Waals surface area contributed by atoms with Gasteiger partial charge in [0.1, 0.15) is 6.07 Å². The second-order valence-corrected chi connectivity index (χ2v) is 8.67. The van der Waals surface area contributed by atoms with Crippen LogP contribution in [0.25, 0.3) is 0 Å². The van der Waals surface area contributed by atoms with Crippen molar-refractivity contribution in [1.29, 1.82) is 5.26 Å². The minimum atomic E-state index is -3.71. The molecule has 28 heavy (non-hydrogen) atoms. The first-order chi connectivity index (χ1) is 13.4. The van der Waals surface area contributed by atoms with E-state index in [1.807, 2.05) is 19.1 Å². The lowest BCUT2D eigenvalue weighted by Crippen LogP contribution is -2.48. The van der Waals surface area contributed by atoms with Crippen LogP contribution >= 0.6 is 0 Å². The number of aromatic hydroxyl groups is 1. The highest BCUT2D eigenvalue weighted by molar-refractivity contribution is 7.89. The number of ether oxygens (including phenoxy) is 1. The van der Waals surface area contributed by atoms with Crippen LogP contribution in [0.4, 0.5) is 0 Å². The molecular formula is C20H23N3O4S. The lowest BCUT2D eigenvalue weighted by atomic mass is 10.1. The SMILES string of the molecule is COc1cc(C)cc(CN2CCN(S(=O)(=O)c3ccccc3C#N)CC2)c1O. The molecular weight excluding hydrogens is 378 g/mol. The smallest absolute Gasteiger partial charge is 0.244 e. The van der Waals surface area contributed by atoms with Gasteiger partial charge in [-0.05, 0) is 30.7 Å². The summed E-state index contributed by atoms with van der Waals surface area (Å²) in [7, 11) is -2.20. The molecule has 0 unspecified atom stereocenters. The molecule has 8 heteroatoms. The first kappa shape index (κ1) is 20.1. The predicted molar refractivity (Wildman–Crippen MR) is 105 cm³/mol. The van der Waals surface area contributed by atoms with Crippen LogP contribution < -0.4 is 4.74 Å². The standard InChI is InChI=1S/C20H23N3O4S/c1-15-11-17(20(24)18(12-15)27-2)14-22-7-9-23(10-8-22)28(25,26)19-6-4-3-5-16(19)13-21/h3-6,11-12,24H,7-10,14H2,1-2H3. The van der Waals surface area contributed by atoms with Crippen molar-refractivity contribution in [2.75, 3.05) is 33.3 Å². The molecule has 1 saturated heterocycles. The van der Waals surface area contributed by atoms with Gasteiger partial charge in [-0.15, -0.1) is 0 Å². The summed E-state index contributed by atoms with van der Waals surface area (Å²) in [6, 6.07) is 11.9. The van der Waals surface area contributed by atoms with Crippen LogP contribution in [0.15, 0.2) is 41.3 Å². The molecule has 148 valence electrons. The number of methoxy groups -OCH3 is 1. The fourth-order valence-electron chi connectivity index (χ4n) is 3.39. The molecule has 0 amide bonds. The Morgan fingerprint density at radius 1 is 1.18 bits per heavy atom. The maximum absolute atomic E-state index is 12.9. The molecule has 1 fully saturated rings. The van der Waals surface area contributed by atoms with Gasteiger partial charge in [0.2, 0.25) is 10.0 Å². The van der Waals surface area contributed by atoms with Crippen LogP contribution in [0.5, 0.6) is 11.5 Å². The Morgan fingerprint density at radius 3 is 2.50 bits per heavy atom. The minimum absolute atomic E-state index is 0.0482. The molecule has 0 saturated carbocycles. The topological polar surface area (TPSA) is 93.9 Å². The van der Waals surface area contributed by atoms with Gasteiger partial charge in [-0.2, -0.15) is 9.57 Å².